The van der Waals surface area contributed by atoms with Gasteiger partial charge in [-0.1, -0.05) is 29.8 Å². The van der Waals surface area contributed by atoms with E-state index in [4.69, 9.17) is 4.74 Å². The van der Waals surface area contributed by atoms with E-state index in [9.17, 15) is 27.6 Å². The number of amides is 2. The van der Waals surface area contributed by atoms with Gasteiger partial charge in [0.15, 0.2) is 0 Å². The van der Waals surface area contributed by atoms with Crippen LogP contribution >= 0.6 is 0 Å². The van der Waals surface area contributed by atoms with Gasteiger partial charge in [0, 0.05) is 5.69 Å². The molecule has 0 aliphatic heterocycles. The lowest BCUT2D eigenvalue weighted by Crippen LogP contribution is -2.32. The molecule has 0 aliphatic rings. The molecule has 3 aromatic carbocycles. The molecule has 0 saturated heterocycles. The smallest absolute Gasteiger partial charge is 0.416 e. The number of carbonyl (C=O) groups excluding carboxylic acids is 3. The maximum Gasteiger partial charge on any atom is 0.416 e. The molecule has 0 atom stereocenters. The minimum Gasteiger partial charge on any atom is -0.423 e. The third kappa shape index (κ3) is 6.76. The Morgan fingerprint density at radius 2 is 1.59 bits per heavy atom. The molecule has 0 unspecified atom stereocenters. The van der Waals surface area contributed by atoms with Gasteiger partial charge >= 0.3 is 24.0 Å². The summed E-state index contributed by atoms with van der Waals surface area (Å²) >= 11 is 0. The van der Waals surface area contributed by atoms with Crippen molar-refractivity contribution in [2.45, 2.75) is 13.1 Å². The molecule has 0 aliphatic carbocycles. The number of anilines is 1. The highest BCUT2D eigenvalue weighted by Gasteiger charge is 2.30. The van der Waals surface area contributed by atoms with Crippen molar-refractivity contribution < 1.29 is 32.3 Å². The van der Waals surface area contributed by atoms with Crippen molar-refractivity contribution in [1.29, 1.82) is 0 Å². The van der Waals surface area contributed by atoms with Gasteiger partial charge < -0.3 is 10.1 Å². The van der Waals surface area contributed by atoms with E-state index >= 15 is 0 Å². The number of rotatable bonds is 5. The fourth-order valence-electron chi connectivity index (χ4n) is 2.66. The molecular formula is C24H18F3N3O4. The fraction of sp³-hybridized carbons (Fsp3) is 0.0833. The molecule has 34 heavy (non-hydrogen) atoms. The summed E-state index contributed by atoms with van der Waals surface area (Å²) in [5, 5.41) is 5.83. The molecular weight excluding hydrogens is 451 g/mol. The zero-order valence-corrected chi connectivity index (χ0v) is 17.7. The minimum absolute atomic E-state index is 0.0141. The van der Waals surface area contributed by atoms with Crippen molar-refractivity contribution in [3.05, 3.63) is 95.1 Å². The highest BCUT2D eigenvalue weighted by atomic mass is 19.4. The second-order valence-electron chi connectivity index (χ2n) is 7.06. The number of alkyl halides is 3. The molecule has 0 saturated carbocycles. The van der Waals surface area contributed by atoms with E-state index in [0.717, 1.165) is 29.8 Å². The first-order valence-corrected chi connectivity index (χ1v) is 9.82. The average molecular weight is 469 g/mol. The largest absolute Gasteiger partial charge is 0.423 e. The summed E-state index contributed by atoms with van der Waals surface area (Å²) in [6, 6.07) is 16.8. The third-order valence-corrected chi connectivity index (χ3v) is 4.41. The van der Waals surface area contributed by atoms with Crippen LogP contribution in [0.2, 0.25) is 0 Å². The van der Waals surface area contributed by atoms with Gasteiger partial charge in [0.2, 0.25) is 0 Å². The summed E-state index contributed by atoms with van der Waals surface area (Å²) in [6.07, 6.45) is -3.28. The van der Waals surface area contributed by atoms with Gasteiger partial charge in [0.05, 0.1) is 17.3 Å². The molecule has 0 aromatic heterocycles. The molecule has 0 spiro atoms. The van der Waals surface area contributed by atoms with Crippen LogP contribution in [0.4, 0.5) is 18.9 Å². The summed E-state index contributed by atoms with van der Waals surface area (Å²) in [4.78, 5) is 36.0. The number of hydrazone groups is 1. The number of ether oxygens (including phenoxy) is 1. The number of carbonyl (C=O) groups is 3. The second kappa shape index (κ2) is 10.4. The number of aryl methyl sites for hydroxylation is 1. The third-order valence-electron chi connectivity index (χ3n) is 4.41. The van der Waals surface area contributed by atoms with Crippen LogP contribution in [0.25, 0.3) is 0 Å². The van der Waals surface area contributed by atoms with Gasteiger partial charge in [0.1, 0.15) is 5.75 Å². The fourth-order valence-corrected chi connectivity index (χ4v) is 2.66. The molecule has 0 fully saturated rings. The molecule has 2 amide bonds. The molecule has 0 radical (unpaired) electrons. The van der Waals surface area contributed by atoms with Crippen LogP contribution in [0.3, 0.4) is 0 Å². The summed E-state index contributed by atoms with van der Waals surface area (Å²) in [7, 11) is 0. The summed E-state index contributed by atoms with van der Waals surface area (Å²) in [5.74, 6) is -2.53. The van der Waals surface area contributed by atoms with Crippen LogP contribution in [0, 0.1) is 6.92 Å². The first-order chi connectivity index (χ1) is 16.1. The number of benzene rings is 3. The second-order valence-corrected chi connectivity index (χ2v) is 7.06. The van der Waals surface area contributed by atoms with E-state index in [1.807, 2.05) is 12.3 Å². The van der Waals surface area contributed by atoms with Gasteiger partial charge in [0.25, 0.3) is 0 Å². The van der Waals surface area contributed by atoms with Gasteiger partial charge in [-0.25, -0.2) is 10.2 Å². The first-order valence-electron chi connectivity index (χ1n) is 9.82. The summed E-state index contributed by atoms with van der Waals surface area (Å²) < 4.78 is 43.0. The molecule has 10 heteroatoms. The van der Waals surface area contributed by atoms with Gasteiger partial charge in [-0.15, -0.1) is 0 Å². The SMILES string of the molecule is Cc1ccc(C(=O)Oc2cccc(/C=N/NC(=O)C(=O)Nc3ccc(C(F)(F)F)cc3)c2)cc1. The maximum atomic E-state index is 12.6. The van der Waals surface area contributed by atoms with Crippen molar-refractivity contribution in [2.75, 3.05) is 5.32 Å². The van der Waals surface area contributed by atoms with E-state index < -0.39 is 29.5 Å². The van der Waals surface area contributed by atoms with Crippen LogP contribution in [-0.4, -0.2) is 24.0 Å². The lowest BCUT2D eigenvalue weighted by Gasteiger charge is -2.08. The van der Waals surface area contributed by atoms with E-state index in [2.05, 4.69) is 10.4 Å². The zero-order chi connectivity index (χ0) is 24.7. The van der Waals surface area contributed by atoms with Crippen molar-refractivity contribution in [3.8, 4) is 5.75 Å². The number of esters is 1. The number of halogens is 3. The minimum atomic E-state index is -4.51. The van der Waals surface area contributed by atoms with Crippen molar-refractivity contribution in [2.24, 2.45) is 5.10 Å². The molecule has 0 bridgehead atoms. The van der Waals surface area contributed by atoms with Gasteiger partial charge in [-0.2, -0.15) is 18.3 Å². The van der Waals surface area contributed by atoms with E-state index in [1.54, 1.807) is 42.5 Å². The Balaban J connectivity index is 1.54. The Kier molecular flexibility index (Phi) is 7.42. The quantitative estimate of drug-likeness (QED) is 0.191. The topological polar surface area (TPSA) is 96.9 Å². The van der Waals surface area contributed by atoms with E-state index in [0.29, 0.717) is 11.1 Å². The molecule has 2 N–H and O–H groups in total. The van der Waals surface area contributed by atoms with Crippen LogP contribution in [-0.2, 0) is 15.8 Å². The molecule has 7 nitrogen and oxygen atoms in total. The van der Waals surface area contributed by atoms with Gasteiger partial charge in [-0.05, 0) is 61.0 Å². The lowest BCUT2D eigenvalue weighted by atomic mass is 10.1. The number of hydrogen-bond acceptors (Lipinski definition) is 5. The van der Waals surface area contributed by atoms with Crippen molar-refractivity contribution >= 4 is 29.7 Å². The van der Waals surface area contributed by atoms with Gasteiger partial charge in [-0.3, -0.25) is 9.59 Å². The Morgan fingerprint density at radius 1 is 0.912 bits per heavy atom. The highest BCUT2D eigenvalue weighted by Crippen LogP contribution is 2.29. The Bertz CT molecular complexity index is 1220. The first kappa shape index (κ1) is 24.2. The van der Waals surface area contributed by atoms with E-state index in [1.165, 1.54) is 12.3 Å². The Labute approximate surface area is 192 Å². The normalized spacial score (nSPS) is 11.2. The molecule has 174 valence electrons. The molecule has 0 heterocycles. The zero-order valence-electron chi connectivity index (χ0n) is 17.7. The lowest BCUT2D eigenvalue weighted by molar-refractivity contribution is -0.137. The summed E-state index contributed by atoms with van der Waals surface area (Å²) in [6.45, 7) is 1.90. The number of nitrogens with zero attached hydrogens (tertiary/aromatic N) is 1. The van der Waals surface area contributed by atoms with Crippen molar-refractivity contribution in [3.63, 3.8) is 0 Å². The number of hydrogen-bond donors (Lipinski definition) is 2. The monoisotopic (exact) mass is 469 g/mol. The van der Waals surface area contributed by atoms with Crippen molar-refractivity contribution in [1.82, 2.24) is 5.43 Å². The molecule has 3 aromatic rings. The predicted octanol–water partition coefficient (Wildman–Crippen LogP) is 4.32. The highest BCUT2D eigenvalue weighted by molar-refractivity contribution is 6.39. The Morgan fingerprint density at radius 3 is 2.24 bits per heavy atom. The molecule has 3 rings (SSSR count). The standard InChI is InChI=1S/C24H18F3N3O4/c1-15-5-7-17(8-6-15)23(33)34-20-4-2-3-16(13-20)14-28-30-22(32)21(31)29-19-11-9-18(10-12-19)24(25,26)27/h2-14H,1H3,(H,29,31)(H,30,32)/b28-14+. The Hall–Kier alpha value is -4.47. The van der Waals surface area contributed by atoms with E-state index in [-0.39, 0.29) is 11.4 Å². The van der Waals surface area contributed by atoms with Crippen LogP contribution in [0.5, 0.6) is 5.75 Å². The van der Waals surface area contributed by atoms with Crippen LogP contribution < -0.4 is 15.5 Å². The maximum absolute atomic E-state index is 12.6. The predicted molar refractivity (Wildman–Crippen MR) is 118 cm³/mol. The van der Waals surface area contributed by atoms with Crippen LogP contribution in [0.1, 0.15) is 27.0 Å². The number of nitrogens with one attached hydrogen (secondary N) is 2. The average Bonchev–Trinajstić information content (AvgIpc) is 2.79. The van der Waals surface area contributed by atoms with Crippen LogP contribution in [0.15, 0.2) is 77.9 Å². The summed E-state index contributed by atoms with van der Waals surface area (Å²) in [5.41, 5.74) is 3.00.